The number of hydrogen-bond acceptors (Lipinski definition) is 7. The van der Waals surface area contributed by atoms with Gasteiger partial charge in [-0.2, -0.15) is 5.10 Å². The van der Waals surface area contributed by atoms with E-state index in [0.29, 0.717) is 29.0 Å². The Kier molecular flexibility index (Phi) is 7.84. The number of aromatic nitrogens is 4. The van der Waals surface area contributed by atoms with Gasteiger partial charge in [0.25, 0.3) is 5.91 Å². The molecule has 0 aliphatic heterocycles. The number of nitrogens with one attached hydrogen (secondary N) is 2. The van der Waals surface area contributed by atoms with Crippen molar-refractivity contribution in [3.63, 3.8) is 0 Å². The number of carbonyl (C=O) groups is 2. The number of allylic oxidation sites excluding steroid dienone is 1. The quantitative estimate of drug-likeness (QED) is 0.387. The zero-order valence-electron chi connectivity index (χ0n) is 20.9. The second-order valence-electron chi connectivity index (χ2n) is 9.04. The largest absolute Gasteiger partial charge is 0.444 e. The third-order valence-electron chi connectivity index (χ3n) is 4.93. The van der Waals surface area contributed by atoms with E-state index >= 15 is 0 Å². The molecule has 0 unspecified atom stereocenters. The van der Waals surface area contributed by atoms with Crippen LogP contribution in [0, 0.1) is 6.92 Å². The summed E-state index contributed by atoms with van der Waals surface area (Å²) in [6.07, 6.45) is 2.98. The number of nitrogens with two attached hydrogens (primary N) is 1. The Bertz CT molecular complexity index is 1410. The molecular formula is C23H31N7O5S. The van der Waals surface area contributed by atoms with Crippen LogP contribution in [-0.2, 0) is 27.8 Å². The molecule has 0 spiro atoms. The normalized spacial score (nSPS) is 12.3. The number of alkyl carbamates (subject to hydrolysis) is 1. The molecule has 12 nitrogen and oxygen atoms in total. The van der Waals surface area contributed by atoms with Gasteiger partial charge in [-0.25, -0.2) is 23.3 Å². The molecule has 0 fully saturated rings. The zero-order chi connectivity index (χ0) is 26.7. The van der Waals surface area contributed by atoms with E-state index in [1.807, 2.05) is 6.92 Å². The van der Waals surface area contributed by atoms with Gasteiger partial charge in [-0.05, 0) is 58.9 Å². The first kappa shape index (κ1) is 26.9. The molecule has 3 rings (SSSR count). The maximum Gasteiger partial charge on any atom is 0.407 e. The average Bonchev–Trinajstić information content (AvgIpc) is 3.31. The first-order valence-corrected chi connectivity index (χ1v) is 12.8. The van der Waals surface area contributed by atoms with Crippen LogP contribution in [0.1, 0.15) is 43.9 Å². The lowest BCUT2D eigenvalue weighted by atomic mass is 10.2. The van der Waals surface area contributed by atoms with Gasteiger partial charge < -0.3 is 14.6 Å². The number of anilines is 1. The second kappa shape index (κ2) is 10.5. The van der Waals surface area contributed by atoms with Gasteiger partial charge in [-0.1, -0.05) is 12.2 Å². The van der Waals surface area contributed by atoms with Crippen molar-refractivity contribution in [2.24, 2.45) is 5.14 Å². The van der Waals surface area contributed by atoms with Gasteiger partial charge in [0.15, 0.2) is 0 Å². The van der Waals surface area contributed by atoms with E-state index in [0.717, 1.165) is 0 Å². The Balaban J connectivity index is 1.87. The molecule has 1 aromatic carbocycles. The SMILES string of the molecule is CCn1nc(C)cc1C(=O)Nc1nc2cc(S(N)(=O)=O)ccc2n1C/C=C/CNC(=O)OC(C)(C)C. The lowest BCUT2D eigenvalue weighted by molar-refractivity contribution is 0.0534. The van der Waals surface area contributed by atoms with Crippen molar-refractivity contribution in [3.8, 4) is 0 Å². The van der Waals surface area contributed by atoms with Gasteiger partial charge in [0.1, 0.15) is 11.3 Å². The first-order chi connectivity index (χ1) is 16.8. The molecular weight excluding hydrogens is 486 g/mol. The minimum absolute atomic E-state index is 0.0886. The minimum Gasteiger partial charge on any atom is -0.444 e. The van der Waals surface area contributed by atoms with Gasteiger partial charge in [-0.15, -0.1) is 0 Å². The topological polar surface area (TPSA) is 163 Å². The highest BCUT2D eigenvalue weighted by atomic mass is 32.2. The molecule has 13 heteroatoms. The summed E-state index contributed by atoms with van der Waals surface area (Å²) < 4.78 is 32.1. The standard InChI is InChI=1S/C23H31N7O5S/c1-6-30-19(13-15(2)28-30)20(31)27-21-26-17-14-16(36(24,33)34)9-10-18(17)29(21)12-8-7-11-25-22(32)35-23(3,4)5/h7-10,13-14H,6,11-12H2,1-5H3,(H,25,32)(H2,24,33,34)(H,26,27,31)/b8-7+. The van der Waals surface area contributed by atoms with Crippen LogP contribution in [0.25, 0.3) is 11.0 Å². The number of nitrogens with zero attached hydrogens (tertiary/aromatic N) is 4. The van der Waals surface area contributed by atoms with Gasteiger partial charge in [0.05, 0.1) is 21.6 Å². The minimum atomic E-state index is -3.93. The second-order valence-corrected chi connectivity index (χ2v) is 10.6. The fraction of sp³-hybridized carbons (Fsp3) is 0.391. The number of benzene rings is 1. The van der Waals surface area contributed by atoms with E-state index < -0.39 is 27.6 Å². The number of imidazole rings is 1. The van der Waals surface area contributed by atoms with Crippen LogP contribution in [0.15, 0.2) is 41.3 Å². The van der Waals surface area contributed by atoms with Crippen molar-refractivity contribution in [3.05, 3.63) is 47.8 Å². The van der Waals surface area contributed by atoms with Crippen molar-refractivity contribution in [1.29, 1.82) is 0 Å². The van der Waals surface area contributed by atoms with Gasteiger partial charge in [-0.3, -0.25) is 14.8 Å². The number of sulfonamides is 1. The number of carbonyl (C=O) groups excluding carboxylic acids is 2. The third kappa shape index (κ3) is 6.70. The highest BCUT2D eigenvalue weighted by Gasteiger charge is 2.19. The number of amides is 2. The van der Waals surface area contributed by atoms with E-state index in [4.69, 9.17) is 9.88 Å². The van der Waals surface area contributed by atoms with Crippen molar-refractivity contribution >= 4 is 39.0 Å². The molecule has 2 aromatic heterocycles. The summed E-state index contributed by atoms with van der Waals surface area (Å²) in [6.45, 7) is 10.0. The van der Waals surface area contributed by atoms with E-state index in [9.17, 15) is 18.0 Å². The van der Waals surface area contributed by atoms with E-state index in [1.165, 1.54) is 12.1 Å². The van der Waals surface area contributed by atoms with Crippen LogP contribution >= 0.6 is 0 Å². The summed E-state index contributed by atoms with van der Waals surface area (Å²) in [5, 5.41) is 15.0. The molecule has 0 atom stereocenters. The summed E-state index contributed by atoms with van der Waals surface area (Å²) in [5.74, 6) is -0.191. The summed E-state index contributed by atoms with van der Waals surface area (Å²) in [4.78, 5) is 29.2. The summed E-state index contributed by atoms with van der Waals surface area (Å²) >= 11 is 0. The maximum atomic E-state index is 13.0. The number of fused-ring (bicyclic) bond motifs is 1. The van der Waals surface area contributed by atoms with Crippen LogP contribution < -0.4 is 15.8 Å². The van der Waals surface area contributed by atoms with Crippen LogP contribution in [0.3, 0.4) is 0 Å². The van der Waals surface area contributed by atoms with E-state index in [-0.39, 0.29) is 23.9 Å². The third-order valence-corrected chi connectivity index (χ3v) is 5.84. The Morgan fingerprint density at radius 2 is 1.92 bits per heavy atom. The molecule has 4 N–H and O–H groups in total. The number of hydrogen-bond donors (Lipinski definition) is 3. The molecule has 194 valence electrons. The number of ether oxygens (including phenoxy) is 1. The zero-order valence-corrected chi connectivity index (χ0v) is 21.7. The van der Waals surface area contributed by atoms with Crippen molar-refractivity contribution in [2.45, 2.75) is 58.2 Å². The molecule has 0 aliphatic rings. The predicted octanol–water partition coefficient (Wildman–Crippen LogP) is 2.54. The van der Waals surface area contributed by atoms with Crippen LogP contribution in [0.5, 0.6) is 0 Å². The molecule has 0 saturated heterocycles. The van der Waals surface area contributed by atoms with Crippen molar-refractivity contribution in [1.82, 2.24) is 24.6 Å². The van der Waals surface area contributed by atoms with Gasteiger partial charge in [0.2, 0.25) is 16.0 Å². The molecule has 3 aromatic rings. The Morgan fingerprint density at radius 3 is 2.56 bits per heavy atom. The molecule has 0 saturated carbocycles. The molecule has 2 heterocycles. The molecule has 0 radical (unpaired) electrons. The first-order valence-electron chi connectivity index (χ1n) is 11.3. The van der Waals surface area contributed by atoms with Crippen LogP contribution in [-0.4, -0.2) is 51.9 Å². The van der Waals surface area contributed by atoms with Gasteiger partial charge >= 0.3 is 6.09 Å². The average molecular weight is 518 g/mol. The number of primary sulfonamides is 1. The summed E-state index contributed by atoms with van der Waals surface area (Å²) in [7, 11) is -3.93. The molecule has 0 aliphatic carbocycles. The molecule has 36 heavy (non-hydrogen) atoms. The van der Waals surface area contributed by atoms with Gasteiger partial charge in [0, 0.05) is 19.6 Å². The highest BCUT2D eigenvalue weighted by molar-refractivity contribution is 7.89. The Hall–Kier alpha value is -3.71. The predicted molar refractivity (Wildman–Crippen MR) is 135 cm³/mol. The van der Waals surface area contributed by atoms with Crippen molar-refractivity contribution < 1.29 is 22.7 Å². The lowest BCUT2D eigenvalue weighted by Gasteiger charge is -2.19. The number of rotatable bonds is 8. The monoisotopic (exact) mass is 517 g/mol. The molecule has 2 amide bonds. The smallest absolute Gasteiger partial charge is 0.407 e. The Morgan fingerprint density at radius 1 is 1.19 bits per heavy atom. The fourth-order valence-electron chi connectivity index (χ4n) is 3.42. The van der Waals surface area contributed by atoms with Crippen LogP contribution in [0.4, 0.5) is 10.7 Å². The van der Waals surface area contributed by atoms with Crippen LogP contribution in [0.2, 0.25) is 0 Å². The fourth-order valence-corrected chi connectivity index (χ4v) is 3.96. The summed E-state index contributed by atoms with van der Waals surface area (Å²) in [6, 6.07) is 5.98. The molecule has 0 bridgehead atoms. The maximum absolute atomic E-state index is 13.0. The number of aryl methyl sites for hydroxylation is 2. The van der Waals surface area contributed by atoms with E-state index in [2.05, 4.69) is 20.7 Å². The highest BCUT2D eigenvalue weighted by Crippen LogP contribution is 2.23. The van der Waals surface area contributed by atoms with E-state index in [1.54, 1.807) is 61.2 Å². The summed E-state index contributed by atoms with van der Waals surface area (Å²) in [5.41, 5.74) is 1.41. The van der Waals surface area contributed by atoms with Crippen molar-refractivity contribution in [2.75, 3.05) is 11.9 Å². The lowest BCUT2D eigenvalue weighted by Crippen LogP contribution is -2.32. The Labute approximate surface area is 209 Å².